The molecule has 2 heterocycles. The van der Waals surface area contributed by atoms with Crippen LogP contribution in [0.2, 0.25) is 5.02 Å². The number of aromatic nitrogens is 3. The molecule has 140 valence electrons. The summed E-state index contributed by atoms with van der Waals surface area (Å²) < 4.78 is 20.5. The molecule has 9 heteroatoms. The first-order chi connectivity index (χ1) is 13.4. The lowest BCUT2D eigenvalue weighted by Crippen LogP contribution is -2.23. The second kappa shape index (κ2) is 7.14. The van der Waals surface area contributed by atoms with E-state index in [0.717, 1.165) is 15.9 Å². The Morgan fingerprint density at radius 3 is 2.75 bits per heavy atom. The number of carbonyl (C=O) groups is 1. The average molecular weight is 416 g/mol. The number of hydrogen-bond acceptors (Lipinski definition) is 6. The van der Waals surface area contributed by atoms with Crippen LogP contribution in [0.4, 0.5) is 4.39 Å². The normalized spacial score (nSPS) is 11.9. The van der Waals surface area contributed by atoms with Crippen molar-refractivity contribution < 1.29 is 13.9 Å². The van der Waals surface area contributed by atoms with Crippen molar-refractivity contribution in [1.82, 2.24) is 14.6 Å². The van der Waals surface area contributed by atoms with E-state index >= 15 is 0 Å². The maximum atomic E-state index is 14.0. The second-order valence-corrected chi connectivity index (χ2v) is 7.19. The molecule has 2 aromatic heterocycles. The number of halogens is 2. The van der Waals surface area contributed by atoms with Crippen LogP contribution in [0.3, 0.4) is 0 Å². The zero-order valence-electron chi connectivity index (χ0n) is 14.3. The molecule has 0 fully saturated rings. The number of nitrogens with zero attached hydrogens (tertiary/aromatic N) is 3. The van der Waals surface area contributed by atoms with E-state index in [2.05, 4.69) is 10.1 Å². The molecule has 0 bridgehead atoms. The molecule has 0 radical (unpaired) electrons. The van der Waals surface area contributed by atoms with Crippen LogP contribution in [-0.2, 0) is 4.79 Å². The first-order valence-electron chi connectivity index (χ1n) is 8.07. The molecule has 0 atom stereocenters. The average Bonchev–Trinajstić information content (AvgIpc) is 3.18. The smallest absolute Gasteiger partial charge is 0.308 e. The fraction of sp³-hybridized carbons (Fsp3) is 0.0526. The van der Waals surface area contributed by atoms with E-state index in [1.807, 2.05) is 0 Å². The summed E-state index contributed by atoms with van der Waals surface area (Å²) in [6.45, 7) is 1.29. The van der Waals surface area contributed by atoms with Crippen LogP contribution in [0.15, 0.2) is 47.3 Å². The maximum Gasteiger partial charge on any atom is 0.308 e. The van der Waals surface area contributed by atoms with Crippen molar-refractivity contribution in [2.24, 2.45) is 0 Å². The summed E-state index contributed by atoms with van der Waals surface area (Å²) in [6.07, 6.45) is 1.38. The highest BCUT2D eigenvalue weighted by atomic mass is 35.5. The molecule has 28 heavy (non-hydrogen) atoms. The zero-order chi connectivity index (χ0) is 19.8. The Labute approximate surface area is 166 Å². The minimum atomic E-state index is -0.526. The summed E-state index contributed by atoms with van der Waals surface area (Å²) in [4.78, 5) is 28.6. The molecule has 0 saturated carbocycles. The Morgan fingerprint density at radius 2 is 2.04 bits per heavy atom. The van der Waals surface area contributed by atoms with Gasteiger partial charge in [0.05, 0.1) is 15.1 Å². The number of carbonyl (C=O) groups excluding carboxylic acids is 1. The van der Waals surface area contributed by atoms with Crippen LogP contribution in [-0.4, -0.2) is 20.6 Å². The SMILES string of the molecule is CC(=O)Oc1ccccc1-c1nc2s/c(=C\c3c(F)cccc3Cl)c(=O)n2n1. The first-order valence-corrected chi connectivity index (χ1v) is 9.26. The van der Waals surface area contributed by atoms with Crippen molar-refractivity contribution in [1.29, 1.82) is 0 Å². The molecule has 2 aromatic carbocycles. The van der Waals surface area contributed by atoms with Crippen molar-refractivity contribution in [3.8, 4) is 17.1 Å². The predicted molar refractivity (Wildman–Crippen MR) is 104 cm³/mol. The van der Waals surface area contributed by atoms with Gasteiger partial charge in [0.15, 0.2) is 5.82 Å². The molecule has 4 rings (SSSR count). The quantitative estimate of drug-likeness (QED) is 0.380. The molecular formula is C19H11ClFN3O3S. The highest BCUT2D eigenvalue weighted by Crippen LogP contribution is 2.28. The number of fused-ring (bicyclic) bond motifs is 1. The summed E-state index contributed by atoms with van der Waals surface area (Å²) in [5.41, 5.74) is 0.171. The lowest BCUT2D eigenvalue weighted by atomic mass is 10.2. The van der Waals surface area contributed by atoms with Gasteiger partial charge in [0.25, 0.3) is 5.56 Å². The Bertz CT molecular complexity index is 1310. The molecule has 0 spiro atoms. The van der Waals surface area contributed by atoms with E-state index in [9.17, 15) is 14.0 Å². The number of hydrogen-bond donors (Lipinski definition) is 0. The zero-order valence-corrected chi connectivity index (χ0v) is 15.9. The highest BCUT2D eigenvalue weighted by molar-refractivity contribution is 7.15. The molecule has 0 unspecified atom stereocenters. The third-order valence-corrected chi connectivity index (χ3v) is 5.13. The second-order valence-electron chi connectivity index (χ2n) is 5.77. The fourth-order valence-corrected chi connectivity index (χ4v) is 3.73. The maximum absolute atomic E-state index is 14.0. The van der Waals surface area contributed by atoms with Gasteiger partial charge >= 0.3 is 5.97 Å². The molecule has 0 amide bonds. The summed E-state index contributed by atoms with van der Waals surface area (Å²) in [5, 5.41) is 4.43. The van der Waals surface area contributed by atoms with E-state index in [1.165, 1.54) is 25.1 Å². The van der Waals surface area contributed by atoms with Crippen molar-refractivity contribution in [3.63, 3.8) is 0 Å². The fourth-order valence-electron chi connectivity index (χ4n) is 2.62. The van der Waals surface area contributed by atoms with Gasteiger partial charge < -0.3 is 4.74 Å². The summed E-state index contributed by atoms with van der Waals surface area (Å²) in [6, 6.07) is 11.1. The van der Waals surface area contributed by atoms with Crippen molar-refractivity contribution in [2.75, 3.05) is 0 Å². The molecular weight excluding hydrogens is 405 g/mol. The standard InChI is InChI=1S/C19H11ClFN3O3S/c1-10(25)27-15-8-3-2-5-11(15)17-22-19-24(23-17)18(26)16(28-19)9-12-13(20)6-4-7-14(12)21/h2-9H,1H3/b16-9-. The number of benzene rings is 2. The van der Waals surface area contributed by atoms with Crippen LogP contribution >= 0.6 is 22.9 Å². The third kappa shape index (κ3) is 3.28. The molecule has 0 N–H and O–H groups in total. The number of thiazole rings is 1. The number of ether oxygens (including phenoxy) is 1. The summed E-state index contributed by atoms with van der Waals surface area (Å²) in [5.74, 6) is -0.458. The Morgan fingerprint density at radius 1 is 1.25 bits per heavy atom. The largest absolute Gasteiger partial charge is 0.426 e. The molecule has 0 aliphatic heterocycles. The third-order valence-electron chi connectivity index (χ3n) is 3.84. The van der Waals surface area contributed by atoms with Gasteiger partial charge in [0.1, 0.15) is 11.6 Å². The molecule has 6 nitrogen and oxygen atoms in total. The van der Waals surface area contributed by atoms with E-state index in [4.69, 9.17) is 16.3 Å². The number of rotatable bonds is 3. The monoisotopic (exact) mass is 415 g/mol. The minimum Gasteiger partial charge on any atom is -0.426 e. The molecule has 0 aliphatic rings. The van der Waals surface area contributed by atoms with Crippen LogP contribution in [0.25, 0.3) is 22.4 Å². The molecule has 0 saturated heterocycles. The number of para-hydroxylation sites is 1. The van der Waals surface area contributed by atoms with Gasteiger partial charge in [-0.05, 0) is 30.3 Å². The minimum absolute atomic E-state index is 0.131. The van der Waals surface area contributed by atoms with E-state index in [0.29, 0.717) is 16.3 Å². The van der Waals surface area contributed by atoms with Gasteiger partial charge in [0.2, 0.25) is 4.96 Å². The summed E-state index contributed by atoms with van der Waals surface area (Å²) in [7, 11) is 0. The molecule has 4 aromatic rings. The van der Waals surface area contributed by atoms with Gasteiger partial charge in [-0.1, -0.05) is 41.1 Å². The van der Waals surface area contributed by atoms with Gasteiger partial charge in [-0.2, -0.15) is 9.50 Å². The van der Waals surface area contributed by atoms with Gasteiger partial charge in [-0.3, -0.25) is 9.59 Å². The van der Waals surface area contributed by atoms with Crippen molar-refractivity contribution >= 4 is 39.9 Å². The molecule has 0 aliphatic carbocycles. The van der Waals surface area contributed by atoms with Gasteiger partial charge in [-0.15, -0.1) is 5.10 Å². The Balaban J connectivity index is 1.83. The van der Waals surface area contributed by atoms with Crippen LogP contribution in [0.1, 0.15) is 12.5 Å². The first kappa shape index (κ1) is 18.3. The Hall–Kier alpha value is -3.10. The van der Waals surface area contributed by atoms with Crippen LogP contribution in [0, 0.1) is 5.82 Å². The van der Waals surface area contributed by atoms with Crippen LogP contribution in [0.5, 0.6) is 5.75 Å². The van der Waals surface area contributed by atoms with Crippen molar-refractivity contribution in [3.05, 3.63) is 73.8 Å². The summed E-state index contributed by atoms with van der Waals surface area (Å²) >= 11 is 7.08. The van der Waals surface area contributed by atoms with E-state index in [1.54, 1.807) is 30.3 Å². The van der Waals surface area contributed by atoms with Crippen molar-refractivity contribution in [2.45, 2.75) is 6.92 Å². The van der Waals surface area contributed by atoms with Gasteiger partial charge in [0, 0.05) is 12.5 Å². The topological polar surface area (TPSA) is 73.6 Å². The number of esters is 1. The van der Waals surface area contributed by atoms with E-state index < -0.39 is 17.3 Å². The highest BCUT2D eigenvalue weighted by Gasteiger charge is 2.16. The van der Waals surface area contributed by atoms with E-state index in [-0.39, 0.29) is 20.9 Å². The lowest BCUT2D eigenvalue weighted by Gasteiger charge is -2.04. The predicted octanol–water partition coefficient (Wildman–Crippen LogP) is 3.08. The lowest BCUT2D eigenvalue weighted by molar-refractivity contribution is -0.131. The van der Waals surface area contributed by atoms with Gasteiger partial charge in [-0.25, -0.2) is 4.39 Å². The van der Waals surface area contributed by atoms with Crippen LogP contribution < -0.4 is 14.8 Å². The Kier molecular flexibility index (Phi) is 4.66.